The van der Waals surface area contributed by atoms with E-state index in [-0.39, 0.29) is 32.3 Å². The summed E-state index contributed by atoms with van der Waals surface area (Å²) in [6, 6.07) is 0. The highest BCUT2D eigenvalue weighted by Crippen LogP contribution is 2.43. The van der Waals surface area contributed by atoms with E-state index in [0.29, 0.717) is 6.42 Å². The largest absolute Gasteiger partial charge is 0.492 e. The minimum Gasteiger partial charge on any atom is -0.492 e. The van der Waals surface area contributed by atoms with Gasteiger partial charge in [0.05, 0.1) is 19.5 Å². The van der Waals surface area contributed by atoms with Gasteiger partial charge in [-0.1, -0.05) is 147 Å². The molecule has 2 atom stereocenters. The van der Waals surface area contributed by atoms with Crippen molar-refractivity contribution in [3.05, 3.63) is 48.8 Å². The first-order chi connectivity index (χ1) is 24.4. The number of phosphoric acid groups is 1. The monoisotopic (exact) mass is 726 g/mol. The molecule has 0 spiro atoms. The van der Waals surface area contributed by atoms with Crippen LogP contribution in [-0.4, -0.2) is 43.3 Å². The quantitative estimate of drug-likeness (QED) is 0.0212. The average Bonchev–Trinajstić information content (AvgIpc) is 3.11. The summed E-state index contributed by atoms with van der Waals surface area (Å²) in [7, 11) is -4.27. The van der Waals surface area contributed by atoms with Crippen LogP contribution in [0.2, 0.25) is 0 Å². The third-order valence-corrected chi connectivity index (χ3v) is 9.32. The van der Waals surface area contributed by atoms with Crippen molar-refractivity contribution in [3.8, 4) is 0 Å². The van der Waals surface area contributed by atoms with Crippen LogP contribution >= 0.6 is 7.82 Å². The predicted octanol–water partition coefficient (Wildman–Crippen LogP) is 12.0. The lowest BCUT2D eigenvalue weighted by Gasteiger charge is -2.19. The smallest absolute Gasteiger partial charge is 0.472 e. The molecule has 9 heteroatoms. The molecule has 0 fully saturated rings. The van der Waals surface area contributed by atoms with Gasteiger partial charge in [0.1, 0.15) is 6.61 Å². The van der Waals surface area contributed by atoms with Crippen molar-refractivity contribution < 1.29 is 32.8 Å². The number of allylic oxidation sites excluding steroid dienone is 7. The van der Waals surface area contributed by atoms with Crippen molar-refractivity contribution in [2.24, 2.45) is 5.73 Å². The maximum absolute atomic E-state index is 12.4. The number of ether oxygens (including phenoxy) is 2. The zero-order valence-electron chi connectivity index (χ0n) is 32.1. The number of carbonyl (C=O) groups is 1. The lowest BCUT2D eigenvalue weighted by atomic mass is 10.0. The van der Waals surface area contributed by atoms with Crippen molar-refractivity contribution in [3.63, 3.8) is 0 Å². The molecule has 0 aliphatic carbocycles. The van der Waals surface area contributed by atoms with Crippen LogP contribution in [0, 0.1) is 0 Å². The summed E-state index contributed by atoms with van der Waals surface area (Å²) in [5.74, 6) is -0.312. The van der Waals surface area contributed by atoms with Crippen molar-refractivity contribution >= 4 is 13.8 Å². The number of nitrogens with two attached hydrogens (primary N) is 1. The van der Waals surface area contributed by atoms with E-state index in [2.05, 4.69) is 50.3 Å². The van der Waals surface area contributed by atoms with Crippen LogP contribution in [0.5, 0.6) is 0 Å². The molecule has 0 aromatic carbocycles. The second-order valence-corrected chi connectivity index (χ2v) is 14.7. The molecule has 0 aromatic rings. The standard InChI is InChI=1S/C41H76NO7P/c1-3-5-7-9-11-13-15-17-19-20-21-22-24-26-28-30-32-34-41(43)47-38-40(39-49-50(44,45)48-37-35-42)46-36-33-31-29-27-25-23-18-16-14-12-10-8-6-4-2/h11,13,17,19,21-22,33,36,40H,3-10,12,14-16,18,20,23-32,34-35,37-39,42H2,1-2H3,(H,44,45)/t40-/m1/s1. The molecule has 0 saturated carbocycles. The highest BCUT2D eigenvalue weighted by molar-refractivity contribution is 7.47. The summed E-state index contributed by atoms with van der Waals surface area (Å²) >= 11 is 0. The summed E-state index contributed by atoms with van der Waals surface area (Å²) < 4.78 is 33.1. The Morgan fingerprint density at radius 3 is 1.64 bits per heavy atom. The molecule has 8 nitrogen and oxygen atoms in total. The number of esters is 1. The van der Waals surface area contributed by atoms with Crippen LogP contribution in [-0.2, 0) is 27.9 Å². The van der Waals surface area contributed by atoms with Crippen LogP contribution in [0.25, 0.3) is 0 Å². The van der Waals surface area contributed by atoms with E-state index in [9.17, 15) is 14.3 Å². The van der Waals surface area contributed by atoms with Gasteiger partial charge in [-0.05, 0) is 63.9 Å². The lowest BCUT2D eigenvalue weighted by Crippen LogP contribution is -2.25. The molecule has 0 radical (unpaired) electrons. The van der Waals surface area contributed by atoms with Crippen LogP contribution in [0.4, 0.5) is 0 Å². The van der Waals surface area contributed by atoms with Crippen molar-refractivity contribution in [2.45, 2.75) is 180 Å². The zero-order chi connectivity index (χ0) is 36.6. The number of unbranched alkanes of at least 4 members (excludes halogenated alkanes) is 19. The summed E-state index contributed by atoms with van der Waals surface area (Å²) in [5, 5.41) is 0. The van der Waals surface area contributed by atoms with Gasteiger partial charge in [0.15, 0.2) is 6.10 Å². The van der Waals surface area contributed by atoms with Gasteiger partial charge in [-0.25, -0.2) is 4.57 Å². The zero-order valence-corrected chi connectivity index (χ0v) is 33.0. The Morgan fingerprint density at radius 1 is 0.620 bits per heavy atom. The average molecular weight is 726 g/mol. The molecule has 0 aliphatic rings. The number of carbonyl (C=O) groups excluding carboxylic acids is 1. The maximum Gasteiger partial charge on any atom is 0.472 e. The summed E-state index contributed by atoms with van der Waals surface area (Å²) in [4.78, 5) is 22.2. The van der Waals surface area contributed by atoms with Crippen molar-refractivity contribution in [1.29, 1.82) is 0 Å². The Kier molecular flexibility index (Phi) is 37.2. The molecule has 0 heterocycles. The fourth-order valence-corrected chi connectivity index (χ4v) is 6.05. The number of phosphoric ester groups is 1. The first-order valence-electron chi connectivity index (χ1n) is 20.2. The van der Waals surface area contributed by atoms with Gasteiger partial charge in [0.2, 0.25) is 0 Å². The fraction of sp³-hybridized carbons (Fsp3) is 0.780. The molecule has 0 amide bonds. The summed E-state index contributed by atoms with van der Waals surface area (Å²) in [6.07, 6.45) is 45.1. The highest BCUT2D eigenvalue weighted by atomic mass is 31.2. The van der Waals surface area contributed by atoms with Gasteiger partial charge in [-0.2, -0.15) is 0 Å². The van der Waals surface area contributed by atoms with Crippen LogP contribution in [0.3, 0.4) is 0 Å². The minimum atomic E-state index is -4.27. The molecule has 0 saturated heterocycles. The molecule has 0 bridgehead atoms. The van der Waals surface area contributed by atoms with E-state index in [1.807, 2.05) is 6.08 Å². The normalized spacial score (nSPS) is 14.0. The van der Waals surface area contributed by atoms with Crippen LogP contribution in [0.1, 0.15) is 174 Å². The molecular formula is C41H76NO7P. The third-order valence-electron chi connectivity index (χ3n) is 8.34. The van der Waals surface area contributed by atoms with Gasteiger partial charge in [-0.15, -0.1) is 0 Å². The molecule has 50 heavy (non-hydrogen) atoms. The van der Waals surface area contributed by atoms with Crippen molar-refractivity contribution in [2.75, 3.05) is 26.4 Å². The SMILES string of the molecule is CCCCCC=CCC=CCC=CCCCCCCC(=O)OC[C@H](COP(=O)(O)OCCN)OC=CCCCCCCCCCCCCCC. The van der Waals surface area contributed by atoms with Crippen molar-refractivity contribution in [1.82, 2.24) is 0 Å². The van der Waals surface area contributed by atoms with E-state index in [0.717, 1.165) is 57.8 Å². The maximum atomic E-state index is 12.4. The fourth-order valence-electron chi connectivity index (χ4n) is 5.28. The van der Waals surface area contributed by atoms with E-state index in [4.69, 9.17) is 24.3 Å². The first kappa shape index (κ1) is 48.3. The minimum absolute atomic E-state index is 0.0762. The second-order valence-electron chi connectivity index (χ2n) is 13.2. The molecule has 292 valence electrons. The van der Waals surface area contributed by atoms with Gasteiger partial charge in [0.25, 0.3) is 0 Å². The molecule has 0 aliphatic heterocycles. The first-order valence-corrected chi connectivity index (χ1v) is 21.7. The highest BCUT2D eigenvalue weighted by Gasteiger charge is 2.24. The Morgan fingerprint density at radius 2 is 1.08 bits per heavy atom. The molecule has 0 rings (SSSR count). The predicted molar refractivity (Wildman–Crippen MR) is 210 cm³/mol. The Bertz CT molecular complexity index is 905. The Hall–Kier alpha value is -1.70. The van der Waals surface area contributed by atoms with Gasteiger partial charge < -0.3 is 20.1 Å². The number of hydrogen-bond acceptors (Lipinski definition) is 7. The number of rotatable bonds is 38. The van der Waals surface area contributed by atoms with Crippen LogP contribution in [0.15, 0.2) is 48.8 Å². The molecule has 3 N–H and O–H groups in total. The Balaban J connectivity index is 4.16. The Labute approximate surface area is 307 Å². The van der Waals surface area contributed by atoms with Crippen LogP contribution < -0.4 is 5.73 Å². The summed E-state index contributed by atoms with van der Waals surface area (Å²) in [5.41, 5.74) is 5.35. The van der Waals surface area contributed by atoms with E-state index >= 15 is 0 Å². The van der Waals surface area contributed by atoms with E-state index in [1.165, 1.54) is 96.3 Å². The third kappa shape index (κ3) is 37.6. The van der Waals surface area contributed by atoms with Gasteiger partial charge in [0, 0.05) is 13.0 Å². The molecule has 0 aromatic heterocycles. The second kappa shape index (κ2) is 38.5. The van der Waals surface area contributed by atoms with Gasteiger partial charge in [-0.3, -0.25) is 13.8 Å². The van der Waals surface area contributed by atoms with E-state index < -0.39 is 13.9 Å². The lowest BCUT2D eigenvalue weighted by molar-refractivity contribution is -0.147. The molecular weight excluding hydrogens is 649 g/mol. The van der Waals surface area contributed by atoms with E-state index in [1.54, 1.807) is 6.26 Å². The van der Waals surface area contributed by atoms with Gasteiger partial charge >= 0.3 is 13.8 Å². The number of hydrogen-bond donors (Lipinski definition) is 2. The topological polar surface area (TPSA) is 117 Å². The summed E-state index contributed by atoms with van der Waals surface area (Å²) in [6.45, 7) is 4.15. The molecule has 1 unspecified atom stereocenters.